The van der Waals surface area contributed by atoms with E-state index in [0.29, 0.717) is 12.1 Å². The van der Waals surface area contributed by atoms with Crippen molar-refractivity contribution in [1.29, 1.82) is 0 Å². The average Bonchev–Trinajstić information content (AvgIpc) is 2.78. The Labute approximate surface area is 209 Å². The first-order valence-electron chi connectivity index (χ1n) is 11.8. The van der Waals surface area contributed by atoms with Gasteiger partial charge in [0.25, 0.3) is 5.91 Å². The molecule has 5 heteroatoms. The number of nitrogens with zero attached hydrogens (tertiary/aromatic N) is 3. The van der Waals surface area contributed by atoms with Crippen LogP contribution < -0.4 is 4.31 Å². The molecule has 180 valence electrons. The van der Waals surface area contributed by atoms with Gasteiger partial charge in [0.2, 0.25) is 0 Å². The van der Waals surface area contributed by atoms with Crippen LogP contribution in [-0.2, 0) is 13.0 Å². The van der Waals surface area contributed by atoms with Gasteiger partial charge in [0.1, 0.15) is 0 Å². The Morgan fingerprint density at radius 2 is 1.41 bits per heavy atom. The summed E-state index contributed by atoms with van der Waals surface area (Å²) in [7, 11) is 2.04. The number of carbonyl (C=O) groups excluding carboxylic acids is 1. The van der Waals surface area contributed by atoms with Gasteiger partial charge in [-0.3, -0.25) is 9.80 Å². The van der Waals surface area contributed by atoms with Crippen LogP contribution >= 0.6 is 12.1 Å². The molecule has 3 aromatic rings. The van der Waals surface area contributed by atoms with Gasteiger partial charge in [0.15, 0.2) is 0 Å². The third-order valence-corrected chi connectivity index (χ3v) is 6.54. The first-order chi connectivity index (χ1) is 16.1. The number of hydrogen-bond acceptors (Lipinski definition) is 4. The molecule has 0 aliphatic rings. The molecule has 0 unspecified atom stereocenters. The van der Waals surface area contributed by atoms with Crippen molar-refractivity contribution in [2.45, 2.75) is 60.0 Å². The summed E-state index contributed by atoms with van der Waals surface area (Å²) in [6.07, 6.45) is 1.01. The first kappa shape index (κ1) is 25.9. The van der Waals surface area contributed by atoms with Crippen LogP contribution in [-0.4, -0.2) is 27.9 Å². The zero-order valence-electron chi connectivity index (χ0n) is 21.5. The minimum absolute atomic E-state index is 0.00144. The molecule has 0 radical (unpaired) electrons. The molecule has 1 amide bonds. The summed E-state index contributed by atoms with van der Waals surface area (Å²) < 4.78 is 4.20. The highest BCUT2D eigenvalue weighted by atomic mass is 32.2. The molecular weight excluding hydrogens is 438 g/mol. The van der Waals surface area contributed by atoms with E-state index >= 15 is 0 Å². The predicted molar refractivity (Wildman–Crippen MR) is 146 cm³/mol. The zero-order valence-corrected chi connectivity index (χ0v) is 22.3. The van der Waals surface area contributed by atoms with Crippen molar-refractivity contribution in [2.75, 3.05) is 11.4 Å². The molecule has 34 heavy (non-hydrogen) atoms. The molecule has 0 N–H and O–H groups in total. The molecule has 0 atom stereocenters. The number of hydrazine groups is 1. The van der Waals surface area contributed by atoms with E-state index in [9.17, 15) is 4.79 Å². The van der Waals surface area contributed by atoms with Gasteiger partial charge >= 0.3 is 0 Å². The van der Waals surface area contributed by atoms with Crippen molar-refractivity contribution in [3.63, 3.8) is 0 Å². The van der Waals surface area contributed by atoms with Crippen molar-refractivity contribution in [3.05, 3.63) is 101 Å². The number of benzene rings is 3. The van der Waals surface area contributed by atoms with Crippen molar-refractivity contribution >= 4 is 23.7 Å². The number of carbonyl (C=O) groups is 1. The van der Waals surface area contributed by atoms with E-state index < -0.39 is 5.54 Å². The summed E-state index contributed by atoms with van der Waals surface area (Å²) in [5, 5.41) is 1.90. The van der Waals surface area contributed by atoms with E-state index in [-0.39, 0.29) is 5.91 Å². The number of para-hydroxylation sites is 1. The maximum atomic E-state index is 14.0. The lowest BCUT2D eigenvalue weighted by Crippen LogP contribution is -2.54. The van der Waals surface area contributed by atoms with E-state index in [2.05, 4.69) is 78.9 Å². The second-order valence-corrected chi connectivity index (χ2v) is 10.9. The highest BCUT2D eigenvalue weighted by Crippen LogP contribution is 2.32. The summed E-state index contributed by atoms with van der Waals surface area (Å²) in [5.74, 6) is -0.00144. The Bertz CT molecular complexity index is 1070. The highest BCUT2D eigenvalue weighted by Gasteiger charge is 2.34. The second-order valence-electron chi connectivity index (χ2n) is 9.76. The van der Waals surface area contributed by atoms with Gasteiger partial charge in [-0.05, 0) is 76.4 Å². The number of hydrogen-bond donors (Lipinski definition) is 0. The number of rotatable bonds is 8. The molecule has 0 fully saturated rings. The Morgan fingerprint density at radius 1 is 0.853 bits per heavy atom. The topological polar surface area (TPSA) is 26.8 Å². The van der Waals surface area contributed by atoms with Crippen LogP contribution in [0.3, 0.4) is 0 Å². The maximum Gasteiger partial charge on any atom is 0.269 e. The van der Waals surface area contributed by atoms with Crippen LogP contribution in [0.15, 0.2) is 72.8 Å². The highest BCUT2D eigenvalue weighted by molar-refractivity contribution is 7.98. The van der Waals surface area contributed by atoms with Crippen molar-refractivity contribution in [1.82, 2.24) is 9.42 Å². The van der Waals surface area contributed by atoms with Gasteiger partial charge in [0, 0.05) is 18.3 Å². The normalized spacial score (nSPS) is 11.5. The Morgan fingerprint density at radius 3 is 1.94 bits per heavy atom. The van der Waals surface area contributed by atoms with Crippen LogP contribution in [0.25, 0.3) is 0 Å². The Kier molecular flexibility index (Phi) is 8.45. The van der Waals surface area contributed by atoms with E-state index in [4.69, 9.17) is 0 Å². The van der Waals surface area contributed by atoms with Gasteiger partial charge in [-0.15, -0.1) is 4.41 Å². The molecule has 0 saturated carbocycles. The third kappa shape index (κ3) is 6.64. The molecule has 0 saturated heterocycles. The molecule has 0 aliphatic heterocycles. The first-order valence-corrected chi connectivity index (χ1v) is 12.6. The molecule has 4 nitrogen and oxygen atoms in total. The fourth-order valence-corrected chi connectivity index (χ4v) is 5.06. The van der Waals surface area contributed by atoms with Crippen LogP contribution in [0.4, 0.5) is 5.69 Å². The standard InChI is InChI=1S/C29H37N3OS/c1-8-24-14-16-25(17-15-24)21-31(34-30(7)27-12-10-9-11-13-27)32(29(4,5)6)28(33)26-19-22(2)18-23(3)20-26/h9-20H,8,21H2,1-7H3. The van der Waals surface area contributed by atoms with Gasteiger partial charge in [-0.25, -0.2) is 0 Å². The summed E-state index contributed by atoms with van der Waals surface area (Å²) in [4.78, 5) is 14.0. The SMILES string of the molecule is CCc1ccc(CN(SN(C)c2ccccc2)N(C(=O)c2cc(C)cc(C)c2)C(C)(C)C)cc1. The van der Waals surface area contributed by atoms with E-state index in [1.807, 2.05) is 56.2 Å². The zero-order chi connectivity index (χ0) is 24.9. The summed E-state index contributed by atoms with van der Waals surface area (Å²) in [5.41, 5.74) is 6.01. The molecule has 0 heterocycles. The van der Waals surface area contributed by atoms with E-state index in [0.717, 1.165) is 28.8 Å². The smallest absolute Gasteiger partial charge is 0.269 e. The lowest BCUT2D eigenvalue weighted by atomic mass is 10.0. The van der Waals surface area contributed by atoms with Gasteiger partial charge in [0.05, 0.1) is 24.2 Å². The fourth-order valence-electron chi connectivity index (χ4n) is 3.96. The minimum Gasteiger partial charge on any atom is -0.305 e. The Hall–Kier alpha value is -2.76. The summed E-state index contributed by atoms with van der Waals surface area (Å²) in [6, 6.07) is 25.0. The Balaban J connectivity index is 2.01. The molecule has 0 aliphatic carbocycles. The fraction of sp³-hybridized carbons (Fsp3) is 0.345. The lowest BCUT2D eigenvalue weighted by Gasteiger charge is -2.44. The average molecular weight is 476 g/mol. The van der Waals surface area contributed by atoms with Gasteiger partial charge < -0.3 is 4.31 Å². The maximum absolute atomic E-state index is 14.0. The van der Waals surface area contributed by atoms with Crippen molar-refractivity contribution < 1.29 is 4.79 Å². The quantitative estimate of drug-likeness (QED) is 0.254. The van der Waals surface area contributed by atoms with Crippen molar-refractivity contribution in [3.8, 4) is 0 Å². The predicted octanol–water partition coefficient (Wildman–Crippen LogP) is 7.22. The van der Waals surface area contributed by atoms with E-state index in [1.165, 1.54) is 5.56 Å². The minimum atomic E-state index is -0.428. The molecule has 0 bridgehead atoms. The van der Waals surface area contributed by atoms with Crippen molar-refractivity contribution in [2.24, 2.45) is 0 Å². The largest absolute Gasteiger partial charge is 0.305 e. The summed E-state index contributed by atoms with van der Waals surface area (Å²) >= 11 is 1.54. The molecular formula is C29H37N3OS. The molecule has 3 rings (SSSR count). The lowest BCUT2D eigenvalue weighted by molar-refractivity contribution is -0.00692. The molecule has 0 spiro atoms. The van der Waals surface area contributed by atoms with E-state index in [1.54, 1.807) is 12.1 Å². The third-order valence-electron chi connectivity index (χ3n) is 5.61. The van der Waals surface area contributed by atoms with Crippen LogP contribution in [0, 0.1) is 13.8 Å². The second kappa shape index (κ2) is 11.1. The summed E-state index contributed by atoms with van der Waals surface area (Å²) in [6.45, 7) is 13.1. The number of aryl methyl sites for hydroxylation is 3. The molecule has 3 aromatic carbocycles. The number of anilines is 1. The van der Waals surface area contributed by atoms with Crippen LogP contribution in [0.2, 0.25) is 0 Å². The molecule has 0 aromatic heterocycles. The van der Waals surface area contributed by atoms with Crippen LogP contribution in [0.1, 0.15) is 60.3 Å². The number of amides is 1. The van der Waals surface area contributed by atoms with Gasteiger partial charge in [-0.2, -0.15) is 0 Å². The van der Waals surface area contributed by atoms with Gasteiger partial charge in [-0.1, -0.05) is 66.6 Å². The monoisotopic (exact) mass is 475 g/mol. The van der Waals surface area contributed by atoms with Crippen LogP contribution in [0.5, 0.6) is 0 Å².